The van der Waals surface area contributed by atoms with Gasteiger partial charge in [0, 0.05) is 12.4 Å². The maximum absolute atomic E-state index is 12.3. The molecule has 0 fully saturated rings. The number of nitrogens with zero attached hydrogens (tertiary/aromatic N) is 1. The summed E-state index contributed by atoms with van der Waals surface area (Å²) in [6.45, 7) is 21.1. The van der Waals surface area contributed by atoms with E-state index in [0.29, 0.717) is 24.2 Å². The molecule has 0 bridgehead atoms. The lowest BCUT2D eigenvalue weighted by Gasteiger charge is -2.29. The van der Waals surface area contributed by atoms with Gasteiger partial charge in [-0.25, -0.2) is 0 Å². The molecule has 0 aliphatic rings. The van der Waals surface area contributed by atoms with Gasteiger partial charge in [0.1, 0.15) is 5.60 Å². The average Bonchev–Trinajstić information content (AvgIpc) is 2.59. The molecule has 1 aromatic rings. The van der Waals surface area contributed by atoms with Crippen molar-refractivity contribution in [3.8, 4) is 0 Å². The van der Waals surface area contributed by atoms with E-state index < -0.39 is 5.60 Å². The van der Waals surface area contributed by atoms with Crippen LogP contribution in [0, 0.1) is 17.8 Å². The van der Waals surface area contributed by atoms with Crippen molar-refractivity contribution in [3.05, 3.63) is 29.1 Å². The van der Waals surface area contributed by atoms with Crippen molar-refractivity contribution in [2.45, 2.75) is 101 Å². The zero-order chi connectivity index (χ0) is 21.2. The van der Waals surface area contributed by atoms with Gasteiger partial charge in [-0.15, -0.1) is 0 Å². The third-order valence-electron chi connectivity index (χ3n) is 5.04. The topological polar surface area (TPSA) is 39.2 Å². The Morgan fingerprint density at radius 2 is 1.63 bits per heavy atom. The second-order valence-corrected chi connectivity index (χ2v) is 8.55. The Kier molecular flexibility index (Phi) is 11.5. The Morgan fingerprint density at radius 1 is 1.07 bits per heavy atom. The standard InChI is InChI=1S/C22H37NO2.C2H6/c1-9-16(5)19(15(3)4)12-20-17(10-2)13-23-14-18(20)11-21(24)25-22(6,7)8;1-2/h13-16,19H,9-12H2,1-8H3;1-2H3. The number of carbonyl (C=O) groups excluding carboxylic acids is 1. The molecule has 0 aliphatic carbocycles. The minimum atomic E-state index is -0.454. The van der Waals surface area contributed by atoms with E-state index >= 15 is 0 Å². The molecule has 27 heavy (non-hydrogen) atoms. The largest absolute Gasteiger partial charge is 0.460 e. The molecule has 1 rings (SSSR count). The zero-order valence-corrected chi connectivity index (χ0v) is 19.5. The number of hydrogen-bond donors (Lipinski definition) is 0. The Labute approximate surface area is 168 Å². The van der Waals surface area contributed by atoms with Crippen molar-refractivity contribution in [3.63, 3.8) is 0 Å². The van der Waals surface area contributed by atoms with E-state index in [9.17, 15) is 4.79 Å². The van der Waals surface area contributed by atoms with E-state index in [-0.39, 0.29) is 5.97 Å². The fourth-order valence-electron chi connectivity index (χ4n) is 3.46. The maximum atomic E-state index is 12.3. The molecule has 0 radical (unpaired) electrons. The first-order valence-corrected chi connectivity index (χ1v) is 10.7. The molecule has 3 nitrogen and oxygen atoms in total. The van der Waals surface area contributed by atoms with Gasteiger partial charge in [0.25, 0.3) is 0 Å². The van der Waals surface area contributed by atoms with Gasteiger partial charge in [-0.05, 0) is 68.1 Å². The molecule has 2 unspecified atom stereocenters. The number of rotatable bonds is 8. The molecule has 3 heteroatoms. The molecule has 0 spiro atoms. The van der Waals surface area contributed by atoms with Gasteiger partial charge < -0.3 is 4.74 Å². The lowest BCUT2D eigenvalue weighted by Crippen LogP contribution is -2.26. The van der Waals surface area contributed by atoms with Crippen LogP contribution in [0.5, 0.6) is 0 Å². The van der Waals surface area contributed by atoms with Crippen LogP contribution in [0.1, 0.15) is 92.3 Å². The first-order valence-electron chi connectivity index (χ1n) is 10.7. The van der Waals surface area contributed by atoms with Gasteiger partial charge in [-0.2, -0.15) is 0 Å². The normalized spacial score (nSPS) is 13.6. The zero-order valence-electron chi connectivity index (χ0n) is 19.5. The predicted molar refractivity (Wildman–Crippen MR) is 116 cm³/mol. The van der Waals surface area contributed by atoms with Crippen LogP contribution < -0.4 is 0 Å². The van der Waals surface area contributed by atoms with Crippen LogP contribution in [0.4, 0.5) is 0 Å². The summed E-state index contributed by atoms with van der Waals surface area (Å²) in [7, 11) is 0. The molecule has 0 aromatic carbocycles. The van der Waals surface area contributed by atoms with Crippen LogP contribution in [0.25, 0.3) is 0 Å². The van der Waals surface area contributed by atoms with Crippen LogP contribution in [0.2, 0.25) is 0 Å². The van der Waals surface area contributed by atoms with Crippen LogP contribution in [-0.2, 0) is 28.8 Å². The summed E-state index contributed by atoms with van der Waals surface area (Å²) in [5.41, 5.74) is 3.14. The monoisotopic (exact) mass is 377 g/mol. The van der Waals surface area contributed by atoms with E-state index in [4.69, 9.17) is 4.74 Å². The van der Waals surface area contributed by atoms with Crippen molar-refractivity contribution in [1.29, 1.82) is 0 Å². The van der Waals surface area contributed by atoms with E-state index in [0.717, 1.165) is 18.4 Å². The Morgan fingerprint density at radius 3 is 2.07 bits per heavy atom. The van der Waals surface area contributed by atoms with Gasteiger partial charge in [0.2, 0.25) is 0 Å². The summed E-state index contributed by atoms with van der Waals surface area (Å²) < 4.78 is 5.52. The molecule has 0 saturated heterocycles. The van der Waals surface area contributed by atoms with E-state index in [1.54, 1.807) is 0 Å². The molecule has 2 atom stereocenters. The third kappa shape index (κ3) is 8.90. The van der Waals surface area contributed by atoms with Gasteiger partial charge >= 0.3 is 5.97 Å². The minimum Gasteiger partial charge on any atom is -0.460 e. The highest BCUT2D eigenvalue weighted by Crippen LogP contribution is 2.30. The summed E-state index contributed by atoms with van der Waals surface area (Å²) in [6, 6.07) is 0. The molecule has 0 aliphatic heterocycles. The number of carbonyl (C=O) groups is 1. The number of esters is 1. The third-order valence-corrected chi connectivity index (χ3v) is 5.04. The SMILES string of the molecule is CC.CCc1cncc(CC(=O)OC(C)(C)C)c1CC(C(C)C)C(C)CC. The number of aromatic nitrogens is 1. The molecular weight excluding hydrogens is 334 g/mol. The van der Waals surface area contributed by atoms with Crippen molar-refractivity contribution in [2.24, 2.45) is 17.8 Å². The Balaban J connectivity index is 0.00000326. The van der Waals surface area contributed by atoms with Crippen molar-refractivity contribution in [1.82, 2.24) is 4.98 Å². The van der Waals surface area contributed by atoms with Crippen LogP contribution in [-0.4, -0.2) is 16.6 Å². The molecule has 1 heterocycles. The van der Waals surface area contributed by atoms with Crippen molar-refractivity contribution >= 4 is 5.97 Å². The number of pyridine rings is 1. The highest BCUT2D eigenvalue weighted by Gasteiger charge is 2.24. The lowest BCUT2D eigenvalue weighted by molar-refractivity contribution is -0.153. The van der Waals surface area contributed by atoms with Gasteiger partial charge in [0.15, 0.2) is 0 Å². The molecule has 0 saturated carbocycles. The van der Waals surface area contributed by atoms with Gasteiger partial charge in [-0.1, -0.05) is 54.9 Å². The molecule has 0 amide bonds. The Hall–Kier alpha value is -1.38. The second kappa shape index (κ2) is 12.2. The summed E-state index contributed by atoms with van der Waals surface area (Å²) >= 11 is 0. The van der Waals surface area contributed by atoms with Crippen molar-refractivity contribution in [2.75, 3.05) is 0 Å². The van der Waals surface area contributed by atoms with Crippen LogP contribution in [0.15, 0.2) is 12.4 Å². The smallest absolute Gasteiger partial charge is 0.310 e. The first-order chi connectivity index (χ1) is 12.6. The second-order valence-electron chi connectivity index (χ2n) is 8.55. The molecule has 1 aromatic heterocycles. The quantitative estimate of drug-likeness (QED) is 0.491. The molecule has 0 N–H and O–H groups in total. The average molecular weight is 378 g/mol. The predicted octanol–water partition coefficient (Wildman–Crippen LogP) is 6.42. The van der Waals surface area contributed by atoms with Crippen LogP contribution in [0.3, 0.4) is 0 Å². The first kappa shape index (κ1) is 25.6. The number of ether oxygens (including phenoxy) is 1. The molecular formula is C24H43NO2. The fraction of sp³-hybridized carbons (Fsp3) is 0.750. The van der Waals surface area contributed by atoms with Crippen LogP contribution >= 0.6 is 0 Å². The summed E-state index contributed by atoms with van der Waals surface area (Å²) in [5, 5.41) is 0. The maximum Gasteiger partial charge on any atom is 0.310 e. The Bertz CT molecular complexity index is 558. The lowest BCUT2D eigenvalue weighted by atomic mass is 9.77. The van der Waals surface area contributed by atoms with E-state index in [2.05, 4.69) is 39.6 Å². The highest BCUT2D eigenvalue weighted by molar-refractivity contribution is 5.73. The number of aryl methyl sites for hydroxylation is 1. The highest BCUT2D eigenvalue weighted by atomic mass is 16.6. The van der Waals surface area contributed by atoms with Gasteiger partial charge in [0.05, 0.1) is 6.42 Å². The minimum absolute atomic E-state index is 0.173. The van der Waals surface area contributed by atoms with E-state index in [1.807, 2.05) is 47.0 Å². The van der Waals surface area contributed by atoms with Gasteiger partial charge in [-0.3, -0.25) is 9.78 Å². The summed E-state index contributed by atoms with van der Waals surface area (Å²) in [6.07, 6.45) is 7.25. The molecule has 156 valence electrons. The summed E-state index contributed by atoms with van der Waals surface area (Å²) in [4.78, 5) is 16.7. The van der Waals surface area contributed by atoms with E-state index in [1.165, 1.54) is 17.5 Å². The summed E-state index contributed by atoms with van der Waals surface area (Å²) in [5.74, 6) is 1.71. The van der Waals surface area contributed by atoms with Crippen molar-refractivity contribution < 1.29 is 9.53 Å². The fourth-order valence-corrected chi connectivity index (χ4v) is 3.46. The number of hydrogen-bond acceptors (Lipinski definition) is 3.